The number of esters is 1. The van der Waals surface area contributed by atoms with Crippen molar-refractivity contribution in [2.45, 2.75) is 32.6 Å². The van der Waals surface area contributed by atoms with Crippen LogP contribution in [0, 0.1) is 11.7 Å². The van der Waals surface area contributed by atoms with E-state index in [1.807, 2.05) is 0 Å². The molecule has 1 aliphatic heterocycles. The van der Waals surface area contributed by atoms with Gasteiger partial charge in [-0.25, -0.2) is 4.39 Å². The lowest BCUT2D eigenvalue weighted by molar-refractivity contribution is -0.152. The van der Waals surface area contributed by atoms with Gasteiger partial charge in [0.15, 0.2) is 6.61 Å². The van der Waals surface area contributed by atoms with Crippen molar-refractivity contribution < 1.29 is 23.5 Å². The molecule has 0 aliphatic carbocycles. The molecule has 1 saturated heterocycles. The molecule has 0 aromatic heterocycles. The monoisotopic (exact) mass is 364 g/mol. The SMILES string of the molecule is CC(Cc1cccc(F)c1)C(=O)OCC(=O)NCCCN1CCCC1=O. The molecule has 1 atom stereocenters. The van der Waals surface area contributed by atoms with Gasteiger partial charge in [-0.1, -0.05) is 19.1 Å². The lowest BCUT2D eigenvalue weighted by atomic mass is 10.0. The molecular formula is C19H25FN2O4. The number of amides is 2. The molecular weight excluding hydrogens is 339 g/mol. The van der Waals surface area contributed by atoms with Crippen molar-refractivity contribution in [1.82, 2.24) is 10.2 Å². The lowest BCUT2D eigenvalue weighted by Gasteiger charge is -2.15. The molecule has 1 aliphatic rings. The largest absolute Gasteiger partial charge is 0.455 e. The van der Waals surface area contributed by atoms with E-state index in [-0.39, 0.29) is 24.2 Å². The number of carbonyl (C=O) groups is 3. The summed E-state index contributed by atoms with van der Waals surface area (Å²) in [5.74, 6) is -1.52. The van der Waals surface area contributed by atoms with Crippen molar-refractivity contribution in [1.29, 1.82) is 0 Å². The minimum atomic E-state index is -0.493. The van der Waals surface area contributed by atoms with Crippen LogP contribution in [0.2, 0.25) is 0 Å². The Labute approximate surface area is 152 Å². The first-order valence-electron chi connectivity index (χ1n) is 8.91. The molecule has 2 amide bonds. The van der Waals surface area contributed by atoms with Gasteiger partial charge in [-0.15, -0.1) is 0 Å². The van der Waals surface area contributed by atoms with E-state index in [1.165, 1.54) is 12.1 Å². The topological polar surface area (TPSA) is 75.7 Å². The molecule has 0 radical (unpaired) electrons. The quantitative estimate of drug-likeness (QED) is 0.534. The number of likely N-dealkylation sites (tertiary alicyclic amines) is 1. The summed E-state index contributed by atoms with van der Waals surface area (Å²) in [6.45, 7) is 3.18. The highest BCUT2D eigenvalue weighted by molar-refractivity contribution is 5.81. The van der Waals surface area contributed by atoms with Gasteiger partial charge in [-0.05, 0) is 37.0 Å². The highest BCUT2D eigenvalue weighted by Gasteiger charge is 2.19. The van der Waals surface area contributed by atoms with Crippen LogP contribution in [0.15, 0.2) is 24.3 Å². The van der Waals surface area contributed by atoms with Gasteiger partial charge < -0.3 is 15.0 Å². The van der Waals surface area contributed by atoms with E-state index in [9.17, 15) is 18.8 Å². The number of rotatable bonds is 9. The molecule has 7 heteroatoms. The van der Waals surface area contributed by atoms with Crippen LogP contribution in [0.1, 0.15) is 31.7 Å². The summed E-state index contributed by atoms with van der Waals surface area (Å²) in [5.41, 5.74) is 0.704. The molecule has 1 aromatic rings. The average molecular weight is 364 g/mol. The van der Waals surface area contributed by atoms with Crippen LogP contribution in [-0.4, -0.2) is 48.9 Å². The van der Waals surface area contributed by atoms with E-state index in [2.05, 4.69) is 5.32 Å². The third kappa shape index (κ3) is 6.46. The number of ether oxygens (including phenoxy) is 1. The summed E-state index contributed by atoms with van der Waals surface area (Å²) in [6, 6.07) is 6.05. The second-order valence-corrected chi connectivity index (χ2v) is 6.53. The Bertz CT molecular complexity index is 650. The number of carbonyl (C=O) groups excluding carboxylic acids is 3. The molecule has 142 valence electrons. The van der Waals surface area contributed by atoms with Gasteiger partial charge in [0.05, 0.1) is 5.92 Å². The predicted molar refractivity (Wildman–Crippen MR) is 93.7 cm³/mol. The minimum absolute atomic E-state index is 0.164. The molecule has 1 heterocycles. The van der Waals surface area contributed by atoms with E-state index in [0.29, 0.717) is 37.9 Å². The fourth-order valence-electron chi connectivity index (χ4n) is 2.87. The Morgan fingerprint density at radius 1 is 1.38 bits per heavy atom. The highest BCUT2D eigenvalue weighted by atomic mass is 19.1. The molecule has 1 aromatic carbocycles. The normalized spacial score (nSPS) is 15.0. The predicted octanol–water partition coefficient (Wildman–Crippen LogP) is 1.68. The molecule has 6 nitrogen and oxygen atoms in total. The summed E-state index contributed by atoms with van der Waals surface area (Å²) < 4.78 is 18.2. The fourth-order valence-corrected chi connectivity index (χ4v) is 2.87. The van der Waals surface area contributed by atoms with Gasteiger partial charge in [-0.2, -0.15) is 0 Å². The van der Waals surface area contributed by atoms with Crippen LogP contribution >= 0.6 is 0 Å². The van der Waals surface area contributed by atoms with Gasteiger partial charge in [-0.3, -0.25) is 14.4 Å². The van der Waals surface area contributed by atoms with Crippen molar-refractivity contribution in [3.8, 4) is 0 Å². The van der Waals surface area contributed by atoms with E-state index >= 15 is 0 Å². The first kappa shape index (κ1) is 19.9. The van der Waals surface area contributed by atoms with Crippen molar-refractivity contribution in [3.63, 3.8) is 0 Å². The summed E-state index contributed by atoms with van der Waals surface area (Å²) in [6.07, 6.45) is 2.52. The molecule has 0 spiro atoms. The van der Waals surface area contributed by atoms with Crippen molar-refractivity contribution in [2.75, 3.05) is 26.2 Å². The Kier molecular flexibility index (Phi) is 7.56. The van der Waals surface area contributed by atoms with Crippen LogP contribution in [-0.2, 0) is 25.5 Å². The highest BCUT2D eigenvalue weighted by Crippen LogP contribution is 2.12. The molecule has 0 bridgehead atoms. The first-order valence-corrected chi connectivity index (χ1v) is 8.91. The third-order valence-corrected chi connectivity index (χ3v) is 4.28. The van der Waals surface area contributed by atoms with E-state index in [0.717, 1.165) is 13.0 Å². The maximum absolute atomic E-state index is 13.1. The van der Waals surface area contributed by atoms with Crippen molar-refractivity contribution in [2.24, 2.45) is 5.92 Å². The van der Waals surface area contributed by atoms with E-state index in [4.69, 9.17) is 4.74 Å². The number of halogens is 1. The fraction of sp³-hybridized carbons (Fsp3) is 0.526. The number of nitrogens with one attached hydrogen (secondary N) is 1. The number of hydrogen-bond acceptors (Lipinski definition) is 4. The first-order chi connectivity index (χ1) is 12.5. The minimum Gasteiger partial charge on any atom is -0.455 e. The van der Waals surface area contributed by atoms with Crippen LogP contribution in [0.5, 0.6) is 0 Å². The standard InChI is InChI=1S/C19H25FN2O4/c1-14(11-15-5-2-6-16(20)12-15)19(25)26-13-17(23)21-8-4-10-22-9-3-7-18(22)24/h2,5-6,12,14H,3-4,7-11,13H2,1H3,(H,21,23). The van der Waals surface area contributed by atoms with Gasteiger partial charge in [0, 0.05) is 26.1 Å². The van der Waals surface area contributed by atoms with Crippen LogP contribution in [0.3, 0.4) is 0 Å². The maximum atomic E-state index is 13.1. The van der Waals surface area contributed by atoms with E-state index in [1.54, 1.807) is 24.0 Å². The van der Waals surface area contributed by atoms with Crippen LogP contribution < -0.4 is 5.32 Å². The van der Waals surface area contributed by atoms with Crippen molar-refractivity contribution >= 4 is 17.8 Å². The van der Waals surface area contributed by atoms with Gasteiger partial charge in [0.1, 0.15) is 5.82 Å². The number of benzene rings is 1. The Morgan fingerprint density at radius 2 is 2.19 bits per heavy atom. The molecule has 1 unspecified atom stereocenters. The number of hydrogen-bond donors (Lipinski definition) is 1. The van der Waals surface area contributed by atoms with Gasteiger partial charge in [0.2, 0.25) is 5.91 Å². The summed E-state index contributed by atoms with van der Waals surface area (Å²) >= 11 is 0. The summed E-state index contributed by atoms with van der Waals surface area (Å²) in [7, 11) is 0. The van der Waals surface area contributed by atoms with Crippen molar-refractivity contribution in [3.05, 3.63) is 35.6 Å². The average Bonchev–Trinajstić information content (AvgIpc) is 3.01. The molecule has 26 heavy (non-hydrogen) atoms. The summed E-state index contributed by atoms with van der Waals surface area (Å²) in [5, 5.41) is 2.67. The zero-order valence-corrected chi connectivity index (χ0v) is 15.0. The summed E-state index contributed by atoms with van der Waals surface area (Å²) in [4.78, 5) is 36.9. The second-order valence-electron chi connectivity index (χ2n) is 6.53. The maximum Gasteiger partial charge on any atom is 0.309 e. The van der Waals surface area contributed by atoms with Crippen LogP contribution in [0.25, 0.3) is 0 Å². The number of nitrogens with zero attached hydrogens (tertiary/aromatic N) is 1. The second kappa shape index (κ2) is 9.89. The Hall–Kier alpha value is -2.44. The molecule has 1 N–H and O–H groups in total. The molecule has 0 saturated carbocycles. The zero-order valence-electron chi connectivity index (χ0n) is 15.0. The molecule has 2 rings (SSSR count). The van der Waals surface area contributed by atoms with Gasteiger partial charge >= 0.3 is 5.97 Å². The van der Waals surface area contributed by atoms with Crippen LogP contribution in [0.4, 0.5) is 4.39 Å². The molecule has 1 fully saturated rings. The third-order valence-electron chi connectivity index (χ3n) is 4.28. The Balaban J connectivity index is 1.60. The zero-order chi connectivity index (χ0) is 18.9. The lowest BCUT2D eigenvalue weighted by Crippen LogP contribution is -2.33. The van der Waals surface area contributed by atoms with Gasteiger partial charge in [0.25, 0.3) is 5.91 Å². The van der Waals surface area contributed by atoms with E-state index < -0.39 is 11.9 Å². The Morgan fingerprint density at radius 3 is 2.88 bits per heavy atom. The smallest absolute Gasteiger partial charge is 0.309 e.